The molecule has 0 amide bonds. The summed E-state index contributed by atoms with van der Waals surface area (Å²) in [5.74, 6) is 1.44. The number of nitrogens with one attached hydrogen (secondary N) is 1. The van der Waals surface area contributed by atoms with Crippen molar-refractivity contribution >= 4 is 10.0 Å². The van der Waals surface area contributed by atoms with E-state index in [1.54, 1.807) is 31.4 Å². The molecule has 1 aliphatic heterocycles. The van der Waals surface area contributed by atoms with Crippen LogP contribution < -0.4 is 9.46 Å². The van der Waals surface area contributed by atoms with Crippen molar-refractivity contribution in [2.24, 2.45) is 5.92 Å². The minimum Gasteiger partial charge on any atom is -0.497 e. The zero-order valence-corrected chi connectivity index (χ0v) is 13.5. The highest BCUT2D eigenvalue weighted by Gasteiger charge is 2.17. The number of benzene rings is 1. The fourth-order valence-electron chi connectivity index (χ4n) is 2.46. The highest BCUT2D eigenvalue weighted by Crippen LogP contribution is 2.16. The van der Waals surface area contributed by atoms with Gasteiger partial charge in [0.1, 0.15) is 5.75 Å². The first-order valence-electron chi connectivity index (χ1n) is 7.37. The lowest BCUT2D eigenvalue weighted by Crippen LogP contribution is -2.39. The van der Waals surface area contributed by atoms with E-state index in [4.69, 9.17) is 4.74 Å². The van der Waals surface area contributed by atoms with Gasteiger partial charge in [0.2, 0.25) is 10.0 Å². The van der Waals surface area contributed by atoms with Gasteiger partial charge in [0.25, 0.3) is 0 Å². The molecule has 1 fully saturated rings. The number of piperidine rings is 1. The van der Waals surface area contributed by atoms with Crippen LogP contribution in [0.15, 0.2) is 29.2 Å². The highest BCUT2D eigenvalue weighted by molar-refractivity contribution is 7.89. The summed E-state index contributed by atoms with van der Waals surface area (Å²) >= 11 is 0. The Labute approximate surface area is 127 Å². The molecule has 0 saturated carbocycles. The van der Waals surface area contributed by atoms with E-state index < -0.39 is 10.0 Å². The SMILES string of the molecule is COc1ccc(S(=O)(=O)NCCN2CCC(C)CC2)cc1. The van der Waals surface area contributed by atoms with Crippen molar-refractivity contribution in [3.63, 3.8) is 0 Å². The average Bonchev–Trinajstić information content (AvgIpc) is 2.49. The second-order valence-electron chi connectivity index (χ2n) is 5.60. The van der Waals surface area contributed by atoms with Crippen LogP contribution in [0.4, 0.5) is 0 Å². The monoisotopic (exact) mass is 312 g/mol. The van der Waals surface area contributed by atoms with Crippen LogP contribution in [0.25, 0.3) is 0 Å². The molecule has 0 atom stereocenters. The van der Waals surface area contributed by atoms with Gasteiger partial charge in [0, 0.05) is 13.1 Å². The molecule has 1 aromatic carbocycles. The summed E-state index contributed by atoms with van der Waals surface area (Å²) < 4.78 is 32.0. The van der Waals surface area contributed by atoms with E-state index in [0.29, 0.717) is 12.3 Å². The van der Waals surface area contributed by atoms with Gasteiger partial charge in [-0.15, -0.1) is 0 Å². The van der Waals surface area contributed by atoms with E-state index in [1.165, 1.54) is 12.8 Å². The van der Waals surface area contributed by atoms with Crippen molar-refractivity contribution in [1.82, 2.24) is 9.62 Å². The van der Waals surface area contributed by atoms with E-state index in [2.05, 4.69) is 16.5 Å². The molecule has 1 aliphatic rings. The number of sulfonamides is 1. The van der Waals surface area contributed by atoms with Gasteiger partial charge in [-0.1, -0.05) is 6.92 Å². The standard InChI is InChI=1S/C15H24N2O3S/c1-13-7-10-17(11-8-13)12-9-16-21(18,19)15-5-3-14(20-2)4-6-15/h3-6,13,16H,7-12H2,1-2H3. The molecule has 2 rings (SSSR count). The number of likely N-dealkylation sites (tertiary alicyclic amines) is 1. The Morgan fingerprint density at radius 2 is 1.86 bits per heavy atom. The lowest BCUT2D eigenvalue weighted by Gasteiger charge is -2.30. The molecule has 0 bridgehead atoms. The van der Waals surface area contributed by atoms with Crippen molar-refractivity contribution < 1.29 is 13.2 Å². The quantitative estimate of drug-likeness (QED) is 0.869. The molecule has 0 aromatic heterocycles. The van der Waals surface area contributed by atoms with Gasteiger partial charge in [0.15, 0.2) is 0 Å². The van der Waals surface area contributed by atoms with Crippen molar-refractivity contribution in [2.75, 3.05) is 33.3 Å². The van der Waals surface area contributed by atoms with Crippen molar-refractivity contribution in [1.29, 1.82) is 0 Å². The molecule has 5 nitrogen and oxygen atoms in total. The largest absolute Gasteiger partial charge is 0.497 e. The van der Waals surface area contributed by atoms with Crippen LogP contribution >= 0.6 is 0 Å². The molecule has 118 valence electrons. The average molecular weight is 312 g/mol. The number of hydrogen-bond acceptors (Lipinski definition) is 4. The minimum absolute atomic E-state index is 0.274. The molecule has 0 spiro atoms. The van der Waals surface area contributed by atoms with Crippen molar-refractivity contribution in [3.05, 3.63) is 24.3 Å². The van der Waals surface area contributed by atoms with E-state index >= 15 is 0 Å². The Kier molecular flexibility index (Phi) is 5.61. The van der Waals surface area contributed by atoms with E-state index in [1.807, 2.05) is 0 Å². The molecule has 0 unspecified atom stereocenters. The van der Waals surface area contributed by atoms with Gasteiger partial charge in [0.05, 0.1) is 12.0 Å². The van der Waals surface area contributed by atoms with E-state index in [9.17, 15) is 8.42 Å². The number of rotatable bonds is 6. The molecule has 0 aliphatic carbocycles. The zero-order valence-electron chi connectivity index (χ0n) is 12.7. The maximum atomic E-state index is 12.2. The van der Waals surface area contributed by atoms with Crippen LogP contribution in [0.2, 0.25) is 0 Å². The van der Waals surface area contributed by atoms with Gasteiger partial charge in [-0.25, -0.2) is 13.1 Å². The molecule has 1 aromatic rings. The van der Waals surface area contributed by atoms with Gasteiger partial charge in [-0.3, -0.25) is 0 Å². The minimum atomic E-state index is -3.43. The predicted octanol–water partition coefficient (Wildman–Crippen LogP) is 1.71. The third-order valence-corrected chi connectivity index (χ3v) is 5.44. The second-order valence-corrected chi connectivity index (χ2v) is 7.36. The Hall–Kier alpha value is -1.11. The molecule has 21 heavy (non-hydrogen) atoms. The first kappa shape index (κ1) is 16.3. The van der Waals surface area contributed by atoms with Gasteiger partial charge < -0.3 is 9.64 Å². The summed E-state index contributed by atoms with van der Waals surface area (Å²) in [4.78, 5) is 2.59. The van der Waals surface area contributed by atoms with Crippen LogP contribution in [0, 0.1) is 5.92 Å². The fourth-order valence-corrected chi connectivity index (χ4v) is 3.48. The Morgan fingerprint density at radius 3 is 2.43 bits per heavy atom. The summed E-state index contributed by atoms with van der Waals surface area (Å²) in [5, 5.41) is 0. The number of methoxy groups -OCH3 is 1. The Balaban J connectivity index is 1.83. The molecule has 6 heteroatoms. The maximum Gasteiger partial charge on any atom is 0.240 e. The lowest BCUT2D eigenvalue weighted by atomic mass is 9.99. The van der Waals surface area contributed by atoms with Crippen molar-refractivity contribution in [2.45, 2.75) is 24.7 Å². The highest BCUT2D eigenvalue weighted by atomic mass is 32.2. The summed E-state index contributed by atoms with van der Waals surface area (Å²) in [7, 11) is -1.87. The zero-order chi connectivity index (χ0) is 15.3. The molecule has 1 saturated heterocycles. The molecular weight excluding hydrogens is 288 g/mol. The van der Waals surface area contributed by atoms with Crippen LogP contribution in [0.5, 0.6) is 5.75 Å². The van der Waals surface area contributed by atoms with E-state index in [-0.39, 0.29) is 4.90 Å². The molecule has 1 N–H and O–H groups in total. The third kappa shape index (κ3) is 4.69. The third-order valence-electron chi connectivity index (χ3n) is 3.97. The lowest BCUT2D eigenvalue weighted by molar-refractivity contribution is 0.195. The summed E-state index contributed by atoms with van der Waals surface area (Å²) in [6, 6.07) is 6.43. The number of nitrogens with zero attached hydrogens (tertiary/aromatic N) is 1. The Bertz CT molecular complexity index is 535. The predicted molar refractivity (Wildman–Crippen MR) is 83.0 cm³/mol. The van der Waals surface area contributed by atoms with Crippen LogP contribution in [0.3, 0.4) is 0 Å². The molecular formula is C15H24N2O3S. The number of hydrogen-bond donors (Lipinski definition) is 1. The van der Waals surface area contributed by atoms with Gasteiger partial charge in [-0.2, -0.15) is 0 Å². The summed E-state index contributed by atoms with van der Waals surface area (Å²) in [6.07, 6.45) is 2.40. The number of ether oxygens (including phenoxy) is 1. The summed E-state index contributed by atoms with van der Waals surface area (Å²) in [6.45, 7) is 5.60. The normalized spacial score (nSPS) is 17.8. The van der Waals surface area contributed by atoms with E-state index in [0.717, 1.165) is 25.6 Å². The van der Waals surface area contributed by atoms with Crippen LogP contribution in [-0.2, 0) is 10.0 Å². The van der Waals surface area contributed by atoms with Gasteiger partial charge >= 0.3 is 0 Å². The first-order chi connectivity index (χ1) is 10.0. The second kappa shape index (κ2) is 7.24. The maximum absolute atomic E-state index is 12.2. The first-order valence-corrected chi connectivity index (χ1v) is 8.85. The van der Waals surface area contributed by atoms with Crippen LogP contribution in [-0.4, -0.2) is 46.6 Å². The fraction of sp³-hybridized carbons (Fsp3) is 0.600. The molecule has 1 heterocycles. The van der Waals surface area contributed by atoms with Gasteiger partial charge in [-0.05, 0) is 56.1 Å². The topological polar surface area (TPSA) is 58.6 Å². The Morgan fingerprint density at radius 1 is 1.24 bits per heavy atom. The van der Waals surface area contributed by atoms with Crippen LogP contribution in [0.1, 0.15) is 19.8 Å². The molecule has 0 radical (unpaired) electrons. The summed E-state index contributed by atoms with van der Waals surface area (Å²) in [5.41, 5.74) is 0. The smallest absolute Gasteiger partial charge is 0.240 e. The van der Waals surface area contributed by atoms with Crippen molar-refractivity contribution in [3.8, 4) is 5.75 Å².